The fourth-order valence-electron chi connectivity index (χ4n) is 3.30. The van der Waals surface area contributed by atoms with Crippen LogP contribution in [0.2, 0.25) is 0 Å². The molecular formula is C17H25NO2. The van der Waals surface area contributed by atoms with Gasteiger partial charge < -0.3 is 10.0 Å². The molecule has 1 unspecified atom stereocenters. The summed E-state index contributed by atoms with van der Waals surface area (Å²) in [5.41, 5.74) is 2.64. The highest BCUT2D eigenvalue weighted by molar-refractivity contribution is 5.67. The molecule has 0 heterocycles. The maximum atomic E-state index is 10.9. The van der Waals surface area contributed by atoms with Gasteiger partial charge in [0.2, 0.25) is 0 Å². The number of hydrogen-bond acceptors (Lipinski definition) is 2. The largest absolute Gasteiger partial charge is 0.481 e. The first-order chi connectivity index (χ1) is 9.40. The van der Waals surface area contributed by atoms with Crippen LogP contribution in [-0.2, 0) is 4.79 Å². The molecule has 3 nitrogen and oxygen atoms in total. The van der Waals surface area contributed by atoms with Crippen LogP contribution in [0.4, 0.5) is 5.69 Å². The smallest absolute Gasteiger partial charge is 0.305 e. The summed E-state index contributed by atoms with van der Waals surface area (Å²) < 4.78 is 0. The molecule has 0 aliphatic heterocycles. The van der Waals surface area contributed by atoms with E-state index < -0.39 is 5.97 Å². The average Bonchev–Trinajstić information content (AvgIpc) is 2.71. The van der Waals surface area contributed by atoms with Crippen LogP contribution in [-0.4, -0.2) is 23.7 Å². The lowest BCUT2D eigenvalue weighted by molar-refractivity contribution is -0.136. The molecule has 1 aliphatic carbocycles. The first-order valence-electron chi connectivity index (χ1n) is 7.45. The first-order valence-corrected chi connectivity index (χ1v) is 7.45. The molecule has 20 heavy (non-hydrogen) atoms. The maximum absolute atomic E-state index is 10.9. The topological polar surface area (TPSA) is 40.5 Å². The van der Waals surface area contributed by atoms with E-state index in [-0.39, 0.29) is 11.8 Å². The van der Waals surface area contributed by atoms with Crippen LogP contribution < -0.4 is 4.90 Å². The van der Waals surface area contributed by atoms with E-state index in [9.17, 15) is 4.79 Å². The zero-order chi connectivity index (χ0) is 14.8. The maximum Gasteiger partial charge on any atom is 0.305 e. The van der Waals surface area contributed by atoms with Gasteiger partial charge in [-0.2, -0.15) is 0 Å². The first kappa shape index (κ1) is 14.9. The normalized spacial score (nSPS) is 20.9. The molecule has 110 valence electrons. The predicted octanol–water partition coefficient (Wildman–Crippen LogP) is 3.85. The Morgan fingerprint density at radius 1 is 1.35 bits per heavy atom. The molecule has 0 spiro atoms. The number of carboxylic acid groups (broad SMARTS) is 1. The van der Waals surface area contributed by atoms with Crippen LogP contribution in [0, 0.1) is 12.3 Å². The number of carbonyl (C=O) groups is 1. The minimum atomic E-state index is -0.724. The van der Waals surface area contributed by atoms with Crippen molar-refractivity contribution in [2.45, 2.75) is 52.5 Å². The second-order valence-corrected chi connectivity index (χ2v) is 6.57. The quantitative estimate of drug-likeness (QED) is 0.887. The van der Waals surface area contributed by atoms with E-state index in [1.807, 2.05) is 0 Å². The average molecular weight is 275 g/mol. The van der Waals surface area contributed by atoms with Crippen molar-refractivity contribution < 1.29 is 9.90 Å². The van der Waals surface area contributed by atoms with Crippen molar-refractivity contribution in [1.82, 2.24) is 0 Å². The molecule has 1 fully saturated rings. The van der Waals surface area contributed by atoms with Gasteiger partial charge in [-0.1, -0.05) is 38.0 Å². The zero-order valence-electron chi connectivity index (χ0n) is 12.7. The van der Waals surface area contributed by atoms with Crippen molar-refractivity contribution >= 4 is 11.7 Å². The number of anilines is 1. The Kier molecular flexibility index (Phi) is 4.36. The van der Waals surface area contributed by atoms with Crippen LogP contribution in [0.25, 0.3) is 0 Å². The molecule has 0 amide bonds. The summed E-state index contributed by atoms with van der Waals surface area (Å²) in [5, 5.41) is 9.00. The van der Waals surface area contributed by atoms with E-state index in [1.54, 1.807) is 0 Å². The molecule has 1 N–H and O–H groups in total. The summed E-state index contributed by atoms with van der Waals surface area (Å²) in [4.78, 5) is 13.2. The van der Waals surface area contributed by atoms with Crippen LogP contribution in [0.15, 0.2) is 24.3 Å². The summed E-state index contributed by atoms with van der Waals surface area (Å²) in [5.74, 6) is -0.724. The van der Waals surface area contributed by atoms with Crippen molar-refractivity contribution in [3.8, 4) is 0 Å². The molecule has 1 saturated carbocycles. The molecule has 0 radical (unpaired) electrons. The lowest BCUT2D eigenvalue weighted by atomic mass is 9.86. The number of benzene rings is 1. The van der Waals surface area contributed by atoms with Gasteiger partial charge in [-0.15, -0.1) is 0 Å². The zero-order valence-corrected chi connectivity index (χ0v) is 12.7. The molecule has 0 saturated heterocycles. The highest BCUT2D eigenvalue weighted by Crippen LogP contribution is 2.42. The van der Waals surface area contributed by atoms with Gasteiger partial charge >= 0.3 is 5.97 Å². The van der Waals surface area contributed by atoms with Crippen molar-refractivity contribution in [2.75, 3.05) is 11.4 Å². The number of carboxylic acids is 1. The van der Waals surface area contributed by atoms with Crippen molar-refractivity contribution in [2.24, 2.45) is 5.41 Å². The van der Waals surface area contributed by atoms with Crippen LogP contribution in [0.3, 0.4) is 0 Å². The van der Waals surface area contributed by atoms with E-state index in [0.29, 0.717) is 12.6 Å². The fraction of sp³-hybridized carbons (Fsp3) is 0.588. The molecule has 1 aromatic rings. The second kappa shape index (κ2) is 5.86. The Morgan fingerprint density at radius 2 is 2.00 bits per heavy atom. The molecule has 0 aromatic heterocycles. The molecule has 3 heteroatoms. The summed E-state index contributed by atoms with van der Waals surface area (Å²) in [7, 11) is 0. The van der Waals surface area contributed by atoms with Gasteiger partial charge in [-0.05, 0) is 37.3 Å². The SMILES string of the molecule is Cc1ccc(N(CCC(=O)O)C2CCCC2(C)C)cc1. The van der Waals surface area contributed by atoms with Gasteiger partial charge in [0, 0.05) is 18.3 Å². The standard InChI is InChI=1S/C17H25NO2/c1-13-6-8-14(9-7-13)18(12-10-16(19)20)15-5-4-11-17(15,2)3/h6-9,15H,4-5,10-12H2,1-3H3,(H,19,20). The number of aliphatic carboxylic acids is 1. The molecule has 0 bridgehead atoms. The van der Waals surface area contributed by atoms with Crippen LogP contribution in [0.5, 0.6) is 0 Å². The van der Waals surface area contributed by atoms with Crippen molar-refractivity contribution in [3.63, 3.8) is 0 Å². The van der Waals surface area contributed by atoms with Crippen molar-refractivity contribution in [3.05, 3.63) is 29.8 Å². The lowest BCUT2D eigenvalue weighted by Crippen LogP contribution is -2.43. The van der Waals surface area contributed by atoms with Gasteiger partial charge in [0.15, 0.2) is 0 Å². The third-order valence-electron chi connectivity index (χ3n) is 4.51. The van der Waals surface area contributed by atoms with Gasteiger partial charge in [-0.3, -0.25) is 4.79 Å². The summed E-state index contributed by atoms with van der Waals surface area (Å²) in [6, 6.07) is 8.87. The van der Waals surface area contributed by atoms with Crippen LogP contribution in [0.1, 0.15) is 45.1 Å². The van der Waals surface area contributed by atoms with E-state index in [4.69, 9.17) is 5.11 Å². The van der Waals surface area contributed by atoms with E-state index in [1.165, 1.54) is 18.4 Å². The van der Waals surface area contributed by atoms with Gasteiger partial charge in [0.1, 0.15) is 0 Å². The summed E-state index contributed by atoms with van der Waals surface area (Å²) in [6.07, 6.45) is 3.79. The van der Waals surface area contributed by atoms with E-state index in [2.05, 4.69) is 49.9 Å². The van der Waals surface area contributed by atoms with Gasteiger partial charge in [0.05, 0.1) is 6.42 Å². The molecular weight excluding hydrogens is 250 g/mol. The lowest BCUT2D eigenvalue weighted by Gasteiger charge is -2.39. The monoisotopic (exact) mass is 275 g/mol. The molecule has 1 atom stereocenters. The Bertz CT molecular complexity index is 464. The Balaban J connectivity index is 2.24. The number of nitrogens with zero attached hydrogens (tertiary/aromatic N) is 1. The second-order valence-electron chi connectivity index (χ2n) is 6.57. The minimum Gasteiger partial charge on any atom is -0.481 e. The molecule has 2 rings (SSSR count). The Hall–Kier alpha value is -1.51. The van der Waals surface area contributed by atoms with Crippen LogP contribution >= 0.6 is 0 Å². The number of rotatable bonds is 5. The third kappa shape index (κ3) is 3.33. The number of hydrogen-bond donors (Lipinski definition) is 1. The van der Waals surface area contributed by atoms with E-state index >= 15 is 0 Å². The minimum absolute atomic E-state index is 0.195. The number of aryl methyl sites for hydroxylation is 1. The van der Waals surface area contributed by atoms with Crippen molar-refractivity contribution in [1.29, 1.82) is 0 Å². The predicted molar refractivity (Wildman–Crippen MR) is 82.2 cm³/mol. The summed E-state index contributed by atoms with van der Waals surface area (Å²) in [6.45, 7) is 7.26. The Labute approximate surface area is 121 Å². The highest BCUT2D eigenvalue weighted by Gasteiger charge is 2.38. The van der Waals surface area contributed by atoms with Gasteiger partial charge in [0.25, 0.3) is 0 Å². The summed E-state index contributed by atoms with van der Waals surface area (Å²) >= 11 is 0. The van der Waals surface area contributed by atoms with Gasteiger partial charge in [-0.25, -0.2) is 0 Å². The highest BCUT2D eigenvalue weighted by atomic mass is 16.4. The van der Waals surface area contributed by atoms with E-state index in [0.717, 1.165) is 12.1 Å². The molecule has 1 aromatic carbocycles. The Morgan fingerprint density at radius 3 is 2.50 bits per heavy atom. The fourth-order valence-corrected chi connectivity index (χ4v) is 3.30. The molecule has 1 aliphatic rings. The third-order valence-corrected chi connectivity index (χ3v) is 4.51.